The normalized spacial score (nSPS) is 11.0. The molecule has 13 heavy (non-hydrogen) atoms. The van der Waals surface area contributed by atoms with Crippen molar-refractivity contribution in [1.29, 1.82) is 0 Å². The van der Waals surface area contributed by atoms with Crippen LogP contribution in [0.3, 0.4) is 0 Å². The number of hydrogen-bond acceptors (Lipinski definition) is 3. The van der Waals surface area contributed by atoms with Crippen molar-refractivity contribution in [3.63, 3.8) is 0 Å². The summed E-state index contributed by atoms with van der Waals surface area (Å²) < 4.78 is 15.0. The van der Waals surface area contributed by atoms with E-state index in [-0.39, 0.29) is 6.61 Å². The summed E-state index contributed by atoms with van der Waals surface area (Å²) in [5.41, 5.74) is 0. The Balaban J connectivity index is 3.99. The number of esters is 1. The molecule has 0 aliphatic heterocycles. The molecule has 0 heterocycles. The molecule has 0 atom stereocenters. The molecule has 0 spiro atoms. The highest BCUT2D eigenvalue weighted by Gasteiger charge is 2.26. The second-order valence-electron chi connectivity index (χ2n) is 2.48. The summed E-state index contributed by atoms with van der Waals surface area (Å²) in [6.45, 7) is 5.04. The molecule has 5 nitrogen and oxygen atoms in total. The van der Waals surface area contributed by atoms with Crippen molar-refractivity contribution < 1.29 is 23.9 Å². The van der Waals surface area contributed by atoms with Crippen LogP contribution in [0.25, 0.3) is 0 Å². The summed E-state index contributed by atoms with van der Waals surface area (Å²) in [5.74, 6) is -1.03. The Morgan fingerprint density at radius 1 is 1.54 bits per heavy atom. The van der Waals surface area contributed by atoms with Crippen molar-refractivity contribution in [2.75, 3.05) is 6.61 Å². The van der Waals surface area contributed by atoms with E-state index in [9.17, 15) is 9.36 Å². The number of rotatable bonds is 5. The van der Waals surface area contributed by atoms with Gasteiger partial charge >= 0.3 is 13.6 Å². The van der Waals surface area contributed by atoms with Crippen LogP contribution in [0.2, 0.25) is 0 Å². The number of hydrogen-bond donors (Lipinski definition) is 2. The fourth-order valence-electron chi connectivity index (χ4n) is 0.511. The standard InChI is InChI=1S/C7H13O5P/c1-3-4-5-12-7(8)6(2)13(9,10)11/h2-5H2,1H3,(H2,9,10,11). The van der Waals surface area contributed by atoms with Crippen molar-refractivity contribution in [2.24, 2.45) is 0 Å². The maximum absolute atomic E-state index is 10.9. The Labute approximate surface area is 76.6 Å². The van der Waals surface area contributed by atoms with E-state index in [2.05, 4.69) is 11.3 Å². The Kier molecular flexibility index (Phi) is 4.91. The van der Waals surface area contributed by atoms with Crippen molar-refractivity contribution in [1.82, 2.24) is 0 Å². The third-order valence-electron chi connectivity index (χ3n) is 1.32. The molecule has 0 aliphatic carbocycles. The van der Waals surface area contributed by atoms with Gasteiger partial charge in [0.25, 0.3) is 0 Å². The molecule has 76 valence electrons. The van der Waals surface area contributed by atoms with Gasteiger partial charge in [-0.3, -0.25) is 4.57 Å². The van der Waals surface area contributed by atoms with Crippen molar-refractivity contribution >= 4 is 13.6 Å². The lowest BCUT2D eigenvalue weighted by molar-refractivity contribution is -0.138. The zero-order valence-corrected chi connectivity index (χ0v) is 8.29. The number of carbonyl (C=O) groups excluding carboxylic acids is 1. The van der Waals surface area contributed by atoms with Crippen LogP contribution in [-0.2, 0) is 14.1 Å². The lowest BCUT2D eigenvalue weighted by Crippen LogP contribution is -2.08. The van der Waals surface area contributed by atoms with Crippen LogP contribution >= 0.6 is 7.60 Å². The molecule has 2 N–H and O–H groups in total. The van der Waals surface area contributed by atoms with E-state index in [4.69, 9.17) is 9.79 Å². The molecular weight excluding hydrogens is 195 g/mol. The molecule has 0 aromatic carbocycles. The zero-order valence-electron chi connectivity index (χ0n) is 7.39. The van der Waals surface area contributed by atoms with Gasteiger partial charge in [-0.2, -0.15) is 0 Å². The molecule has 0 aromatic heterocycles. The summed E-state index contributed by atoms with van der Waals surface area (Å²) in [4.78, 5) is 27.9. The first-order chi connectivity index (χ1) is 5.89. The van der Waals surface area contributed by atoms with Gasteiger partial charge in [-0.1, -0.05) is 19.9 Å². The second kappa shape index (κ2) is 5.17. The van der Waals surface area contributed by atoms with Crippen LogP contribution in [0.15, 0.2) is 11.9 Å². The van der Waals surface area contributed by atoms with E-state index in [1.165, 1.54) is 0 Å². The highest BCUT2D eigenvalue weighted by atomic mass is 31.2. The van der Waals surface area contributed by atoms with E-state index in [1.807, 2.05) is 6.92 Å². The van der Waals surface area contributed by atoms with E-state index in [1.54, 1.807) is 0 Å². The number of carbonyl (C=O) groups is 1. The fraction of sp³-hybridized carbons (Fsp3) is 0.571. The third kappa shape index (κ3) is 4.83. The molecule has 0 aromatic rings. The molecule has 0 fully saturated rings. The molecule has 0 unspecified atom stereocenters. The first kappa shape index (κ1) is 12.4. The highest BCUT2D eigenvalue weighted by molar-refractivity contribution is 7.57. The lowest BCUT2D eigenvalue weighted by Gasteiger charge is -2.07. The van der Waals surface area contributed by atoms with Gasteiger partial charge < -0.3 is 14.5 Å². The first-order valence-corrected chi connectivity index (χ1v) is 5.43. The SMILES string of the molecule is C=C(C(=O)OCCCC)P(=O)(O)O. The van der Waals surface area contributed by atoms with Gasteiger partial charge in [0, 0.05) is 0 Å². The van der Waals surface area contributed by atoms with Gasteiger partial charge in [-0.25, -0.2) is 4.79 Å². The first-order valence-electron chi connectivity index (χ1n) is 3.81. The number of ether oxygens (including phenoxy) is 1. The average Bonchev–Trinajstić information content (AvgIpc) is 2.01. The van der Waals surface area contributed by atoms with Crippen molar-refractivity contribution in [3.8, 4) is 0 Å². The summed E-state index contributed by atoms with van der Waals surface area (Å²) in [6, 6.07) is 0. The van der Waals surface area contributed by atoms with Gasteiger partial charge in [0.05, 0.1) is 6.61 Å². The molecule has 0 aliphatic rings. The molecule has 0 saturated carbocycles. The maximum Gasteiger partial charge on any atom is 0.362 e. The lowest BCUT2D eigenvalue weighted by atomic mass is 10.4. The van der Waals surface area contributed by atoms with Crippen molar-refractivity contribution in [3.05, 3.63) is 11.9 Å². The molecule has 6 heteroatoms. The predicted molar refractivity (Wildman–Crippen MR) is 47.1 cm³/mol. The molecule has 0 amide bonds. The minimum atomic E-state index is -4.53. The minimum absolute atomic E-state index is 0.161. The smallest absolute Gasteiger partial charge is 0.362 e. The Morgan fingerprint density at radius 3 is 2.46 bits per heavy atom. The summed E-state index contributed by atoms with van der Waals surface area (Å²) in [7, 11) is -4.53. The second-order valence-corrected chi connectivity index (χ2v) is 4.11. The van der Waals surface area contributed by atoms with E-state index < -0.39 is 18.9 Å². The van der Waals surface area contributed by atoms with E-state index >= 15 is 0 Å². The van der Waals surface area contributed by atoms with Crippen LogP contribution in [-0.4, -0.2) is 22.4 Å². The fourth-order valence-corrected chi connectivity index (χ4v) is 0.814. The zero-order chi connectivity index (χ0) is 10.5. The topological polar surface area (TPSA) is 83.8 Å². The van der Waals surface area contributed by atoms with Crippen LogP contribution in [0.1, 0.15) is 19.8 Å². The monoisotopic (exact) mass is 208 g/mol. The van der Waals surface area contributed by atoms with Gasteiger partial charge in [-0.15, -0.1) is 0 Å². The predicted octanol–water partition coefficient (Wildman–Crippen LogP) is 1.02. The maximum atomic E-state index is 10.9. The molecular formula is C7H13O5P. The Bertz CT molecular complexity index is 241. The largest absolute Gasteiger partial charge is 0.462 e. The molecule has 0 bridgehead atoms. The molecule has 0 radical (unpaired) electrons. The van der Waals surface area contributed by atoms with Crippen molar-refractivity contribution in [2.45, 2.75) is 19.8 Å². The number of unbranched alkanes of at least 4 members (excludes halogenated alkanes) is 1. The molecule has 0 saturated heterocycles. The average molecular weight is 208 g/mol. The van der Waals surface area contributed by atoms with Crippen LogP contribution < -0.4 is 0 Å². The van der Waals surface area contributed by atoms with E-state index in [0.29, 0.717) is 6.42 Å². The summed E-state index contributed by atoms with van der Waals surface area (Å²) in [6.07, 6.45) is 1.51. The minimum Gasteiger partial charge on any atom is -0.462 e. The van der Waals surface area contributed by atoms with Crippen LogP contribution in [0, 0.1) is 0 Å². The van der Waals surface area contributed by atoms with Gasteiger partial charge in [0.1, 0.15) is 5.31 Å². The summed E-state index contributed by atoms with van der Waals surface area (Å²) in [5, 5.41) is -0.788. The highest BCUT2D eigenvalue weighted by Crippen LogP contribution is 2.44. The van der Waals surface area contributed by atoms with Crippen LogP contribution in [0.5, 0.6) is 0 Å². The third-order valence-corrected chi connectivity index (χ3v) is 2.20. The Hall–Kier alpha value is -0.640. The Morgan fingerprint density at radius 2 is 2.08 bits per heavy atom. The van der Waals surface area contributed by atoms with Gasteiger partial charge in [0.2, 0.25) is 0 Å². The van der Waals surface area contributed by atoms with Gasteiger partial charge in [0.15, 0.2) is 0 Å². The van der Waals surface area contributed by atoms with Gasteiger partial charge in [-0.05, 0) is 6.42 Å². The molecule has 0 rings (SSSR count). The quantitative estimate of drug-likeness (QED) is 0.305. The van der Waals surface area contributed by atoms with Crippen LogP contribution in [0.4, 0.5) is 0 Å². The summed E-state index contributed by atoms with van der Waals surface area (Å²) >= 11 is 0. The van der Waals surface area contributed by atoms with E-state index in [0.717, 1.165) is 6.42 Å².